The summed E-state index contributed by atoms with van der Waals surface area (Å²) >= 11 is 6.16. The molecule has 0 fully saturated rings. The zero-order chi connectivity index (χ0) is 30.2. The van der Waals surface area contributed by atoms with Crippen molar-refractivity contribution in [2.75, 3.05) is 7.11 Å². The SMILES string of the molecule is COC(=O)c1ccccc1CCC(NCc1ccccc1C(=O)O)c1cccc(/C=C/c2ccc3ccc(Cl)cc3n2)c1. The molecule has 4 aromatic carbocycles. The summed E-state index contributed by atoms with van der Waals surface area (Å²) in [6, 6.07) is 32.2. The van der Waals surface area contributed by atoms with E-state index < -0.39 is 5.97 Å². The Hall–Kier alpha value is -4.78. The summed E-state index contributed by atoms with van der Waals surface area (Å²) in [7, 11) is 1.38. The predicted octanol–water partition coefficient (Wildman–Crippen LogP) is 8.01. The van der Waals surface area contributed by atoms with Gasteiger partial charge in [0.1, 0.15) is 0 Å². The summed E-state index contributed by atoms with van der Waals surface area (Å²) in [6.45, 7) is 0.370. The molecule has 0 radical (unpaired) electrons. The van der Waals surface area contributed by atoms with Crippen molar-refractivity contribution in [3.63, 3.8) is 0 Å². The number of hydrogen-bond acceptors (Lipinski definition) is 5. The van der Waals surface area contributed by atoms with Crippen LogP contribution in [-0.2, 0) is 17.7 Å². The Bertz CT molecular complexity index is 1800. The molecule has 43 heavy (non-hydrogen) atoms. The number of carbonyl (C=O) groups excluding carboxylic acids is 1. The largest absolute Gasteiger partial charge is 0.478 e. The fourth-order valence-corrected chi connectivity index (χ4v) is 5.28. The lowest BCUT2D eigenvalue weighted by atomic mass is 9.95. The van der Waals surface area contributed by atoms with Crippen LogP contribution in [0.1, 0.15) is 61.1 Å². The van der Waals surface area contributed by atoms with E-state index in [0.717, 1.165) is 33.3 Å². The molecule has 7 heteroatoms. The van der Waals surface area contributed by atoms with Crippen LogP contribution in [0.15, 0.2) is 103 Å². The molecule has 1 unspecified atom stereocenters. The third kappa shape index (κ3) is 7.55. The van der Waals surface area contributed by atoms with Gasteiger partial charge in [-0.25, -0.2) is 14.6 Å². The van der Waals surface area contributed by atoms with Gasteiger partial charge in [-0.05, 0) is 71.5 Å². The second-order valence-corrected chi connectivity index (χ2v) is 10.6. The summed E-state index contributed by atoms with van der Waals surface area (Å²) in [5.41, 5.74) is 6.11. The first-order valence-corrected chi connectivity index (χ1v) is 14.3. The Balaban J connectivity index is 1.41. The highest BCUT2D eigenvalue weighted by Crippen LogP contribution is 2.25. The van der Waals surface area contributed by atoms with Crippen molar-refractivity contribution in [1.29, 1.82) is 0 Å². The maximum Gasteiger partial charge on any atom is 0.338 e. The average molecular weight is 591 g/mol. The van der Waals surface area contributed by atoms with E-state index in [1.54, 1.807) is 18.2 Å². The Morgan fingerprint density at radius 1 is 0.884 bits per heavy atom. The van der Waals surface area contributed by atoms with E-state index in [1.165, 1.54) is 7.11 Å². The first kappa shape index (κ1) is 29.7. The van der Waals surface area contributed by atoms with E-state index in [9.17, 15) is 14.7 Å². The molecular weight excluding hydrogens is 560 g/mol. The average Bonchev–Trinajstić information content (AvgIpc) is 3.03. The van der Waals surface area contributed by atoms with Gasteiger partial charge >= 0.3 is 11.9 Å². The highest BCUT2D eigenvalue weighted by atomic mass is 35.5. The maximum atomic E-state index is 12.4. The summed E-state index contributed by atoms with van der Waals surface area (Å²) < 4.78 is 4.99. The van der Waals surface area contributed by atoms with E-state index >= 15 is 0 Å². The number of carboxylic acid groups (broad SMARTS) is 1. The third-order valence-electron chi connectivity index (χ3n) is 7.35. The number of carboxylic acids is 1. The number of aromatic nitrogens is 1. The second-order valence-electron chi connectivity index (χ2n) is 10.2. The van der Waals surface area contributed by atoms with E-state index in [-0.39, 0.29) is 17.6 Å². The number of nitrogens with zero attached hydrogens (tertiary/aromatic N) is 1. The Morgan fingerprint density at radius 3 is 2.42 bits per heavy atom. The lowest BCUT2D eigenvalue weighted by Gasteiger charge is -2.21. The van der Waals surface area contributed by atoms with Gasteiger partial charge in [0.25, 0.3) is 0 Å². The number of halogens is 1. The zero-order valence-electron chi connectivity index (χ0n) is 23.7. The van der Waals surface area contributed by atoms with E-state index in [0.29, 0.717) is 35.5 Å². The summed E-state index contributed by atoms with van der Waals surface area (Å²) in [6.07, 6.45) is 5.28. The molecule has 0 aliphatic heterocycles. The number of fused-ring (bicyclic) bond motifs is 1. The number of nitrogens with one attached hydrogen (secondary N) is 1. The van der Waals surface area contributed by atoms with Crippen LogP contribution >= 0.6 is 11.6 Å². The molecule has 0 spiro atoms. The van der Waals surface area contributed by atoms with Crippen LogP contribution in [-0.4, -0.2) is 29.1 Å². The Labute approximate surface area is 255 Å². The molecule has 5 rings (SSSR count). The molecule has 1 aromatic heterocycles. The molecule has 0 bridgehead atoms. The number of rotatable bonds is 11. The van der Waals surface area contributed by atoms with Crippen molar-refractivity contribution >= 4 is 46.6 Å². The number of benzene rings is 4. The van der Waals surface area contributed by atoms with Gasteiger partial charge < -0.3 is 15.2 Å². The van der Waals surface area contributed by atoms with Crippen LogP contribution in [0, 0.1) is 0 Å². The van der Waals surface area contributed by atoms with Crippen LogP contribution in [0.4, 0.5) is 0 Å². The Morgan fingerprint density at radius 2 is 1.63 bits per heavy atom. The van der Waals surface area contributed by atoms with E-state index in [1.807, 2.05) is 84.9 Å². The summed E-state index contributed by atoms with van der Waals surface area (Å²) in [5, 5.41) is 14.9. The summed E-state index contributed by atoms with van der Waals surface area (Å²) in [5.74, 6) is -1.33. The zero-order valence-corrected chi connectivity index (χ0v) is 24.4. The van der Waals surface area contributed by atoms with Crippen LogP contribution in [0.25, 0.3) is 23.1 Å². The number of hydrogen-bond donors (Lipinski definition) is 2. The number of pyridine rings is 1. The molecule has 1 atom stereocenters. The van der Waals surface area contributed by atoms with Crippen LogP contribution in [0.3, 0.4) is 0 Å². The smallest absolute Gasteiger partial charge is 0.338 e. The van der Waals surface area contributed by atoms with Gasteiger partial charge in [-0.1, -0.05) is 90.5 Å². The third-order valence-corrected chi connectivity index (χ3v) is 7.58. The highest BCUT2D eigenvalue weighted by molar-refractivity contribution is 6.31. The van der Waals surface area contributed by atoms with Gasteiger partial charge in [-0.3, -0.25) is 0 Å². The molecule has 0 saturated carbocycles. The van der Waals surface area contributed by atoms with Crippen LogP contribution in [0.5, 0.6) is 0 Å². The van der Waals surface area contributed by atoms with Crippen molar-refractivity contribution in [3.8, 4) is 0 Å². The number of methoxy groups -OCH3 is 1. The van der Waals surface area contributed by atoms with Crippen LogP contribution < -0.4 is 5.32 Å². The van der Waals surface area contributed by atoms with Crippen molar-refractivity contribution < 1.29 is 19.4 Å². The van der Waals surface area contributed by atoms with E-state index in [4.69, 9.17) is 21.3 Å². The van der Waals surface area contributed by atoms with Crippen molar-refractivity contribution in [3.05, 3.63) is 147 Å². The predicted molar refractivity (Wildman–Crippen MR) is 171 cm³/mol. The normalized spacial score (nSPS) is 12.0. The first-order valence-electron chi connectivity index (χ1n) is 14.0. The number of aromatic carboxylic acids is 1. The summed E-state index contributed by atoms with van der Waals surface area (Å²) in [4.78, 5) is 28.9. The standard InChI is InChI=1S/C36H31ClN2O4/c1-43-36(42)32-12-5-2-8-25(32)16-20-33(38-23-28-9-3-4-11-31(28)35(40)41)27-10-6-7-24(21-27)13-18-30-19-15-26-14-17-29(37)22-34(26)39-30/h2-15,17-19,21-22,33,38H,16,20,23H2,1H3,(H,40,41)/b18-13+. The van der Waals surface area contributed by atoms with Gasteiger partial charge in [-0.2, -0.15) is 0 Å². The van der Waals surface area contributed by atoms with Gasteiger partial charge in [0.15, 0.2) is 0 Å². The molecule has 0 aliphatic rings. The number of ether oxygens (including phenoxy) is 1. The topological polar surface area (TPSA) is 88.5 Å². The first-order chi connectivity index (χ1) is 20.9. The molecule has 0 amide bonds. The monoisotopic (exact) mass is 590 g/mol. The van der Waals surface area contributed by atoms with Crippen molar-refractivity contribution in [2.45, 2.75) is 25.4 Å². The molecular formula is C36H31ClN2O4. The van der Waals surface area contributed by atoms with Gasteiger partial charge in [0.05, 0.1) is 29.4 Å². The highest BCUT2D eigenvalue weighted by Gasteiger charge is 2.17. The van der Waals surface area contributed by atoms with Gasteiger partial charge in [-0.15, -0.1) is 0 Å². The quantitative estimate of drug-likeness (QED) is 0.151. The molecule has 6 nitrogen and oxygen atoms in total. The molecule has 2 N–H and O–H groups in total. The fraction of sp³-hybridized carbons (Fsp3) is 0.139. The van der Waals surface area contributed by atoms with E-state index in [2.05, 4.69) is 17.4 Å². The minimum atomic E-state index is -0.960. The Kier molecular flexibility index (Phi) is 9.62. The molecule has 5 aromatic rings. The minimum absolute atomic E-state index is 0.123. The van der Waals surface area contributed by atoms with Gasteiger partial charge in [0.2, 0.25) is 0 Å². The maximum absolute atomic E-state index is 12.4. The van der Waals surface area contributed by atoms with Gasteiger partial charge in [0, 0.05) is 23.0 Å². The second kappa shape index (κ2) is 13.9. The number of aryl methyl sites for hydroxylation is 1. The number of esters is 1. The fourth-order valence-electron chi connectivity index (χ4n) is 5.11. The van der Waals surface area contributed by atoms with Crippen LogP contribution in [0.2, 0.25) is 5.02 Å². The van der Waals surface area contributed by atoms with Crippen molar-refractivity contribution in [2.24, 2.45) is 0 Å². The molecule has 1 heterocycles. The number of carbonyl (C=O) groups is 2. The lowest BCUT2D eigenvalue weighted by Crippen LogP contribution is -2.23. The molecule has 0 saturated heterocycles. The lowest BCUT2D eigenvalue weighted by molar-refractivity contribution is 0.0598. The van der Waals surface area contributed by atoms with Crippen molar-refractivity contribution in [1.82, 2.24) is 10.3 Å². The molecule has 216 valence electrons. The molecule has 0 aliphatic carbocycles. The minimum Gasteiger partial charge on any atom is -0.478 e.